The zero-order chi connectivity index (χ0) is 16.1. The van der Waals surface area contributed by atoms with Gasteiger partial charge in [0.1, 0.15) is 0 Å². The van der Waals surface area contributed by atoms with Gasteiger partial charge in [-0.1, -0.05) is 29.3 Å². The van der Waals surface area contributed by atoms with Crippen LogP contribution in [0.1, 0.15) is 10.4 Å². The summed E-state index contributed by atoms with van der Waals surface area (Å²) in [6, 6.07) is 10.9. The number of esters is 1. The van der Waals surface area contributed by atoms with Gasteiger partial charge in [0.05, 0.1) is 16.3 Å². The van der Waals surface area contributed by atoms with E-state index in [0.717, 1.165) is 0 Å². The lowest BCUT2D eigenvalue weighted by Crippen LogP contribution is -2.21. The SMILES string of the molecule is Nc1cccc(C(=O)OCC(=O)Nc2ccc(Cl)cc2Cl)c1. The highest BCUT2D eigenvalue weighted by atomic mass is 35.5. The molecule has 2 rings (SSSR count). The molecule has 0 spiro atoms. The van der Waals surface area contributed by atoms with E-state index in [-0.39, 0.29) is 5.56 Å². The topological polar surface area (TPSA) is 81.4 Å². The summed E-state index contributed by atoms with van der Waals surface area (Å²) < 4.78 is 4.90. The Morgan fingerprint density at radius 1 is 1.14 bits per heavy atom. The quantitative estimate of drug-likeness (QED) is 0.661. The summed E-state index contributed by atoms with van der Waals surface area (Å²) >= 11 is 11.7. The number of rotatable bonds is 4. The van der Waals surface area contributed by atoms with E-state index in [1.54, 1.807) is 30.3 Å². The lowest BCUT2D eigenvalue weighted by molar-refractivity contribution is -0.119. The van der Waals surface area contributed by atoms with Crippen LogP contribution < -0.4 is 11.1 Å². The summed E-state index contributed by atoms with van der Waals surface area (Å²) in [6.45, 7) is -0.438. The molecule has 0 radical (unpaired) electrons. The second kappa shape index (κ2) is 7.15. The number of nitrogens with one attached hydrogen (secondary N) is 1. The molecule has 3 N–H and O–H groups in total. The largest absolute Gasteiger partial charge is 0.452 e. The molecule has 0 heterocycles. The first-order valence-electron chi connectivity index (χ1n) is 6.23. The van der Waals surface area contributed by atoms with Crippen LogP contribution in [0.2, 0.25) is 10.0 Å². The molecule has 0 aliphatic carbocycles. The molecule has 2 aromatic carbocycles. The second-order valence-electron chi connectivity index (χ2n) is 4.37. The number of nitrogen functional groups attached to an aromatic ring is 1. The molecule has 0 saturated heterocycles. The molecule has 114 valence electrons. The van der Waals surface area contributed by atoms with Crippen molar-refractivity contribution in [1.29, 1.82) is 0 Å². The summed E-state index contributed by atoms with van der Waals surface area (Å²) in [4.78, 5) is 23.5. The number of hydrogen-bond donors (Lipinski definition) is 2. The molecular weight excluding hydrogens is 327 g/mol. The molecule has 0 saturated carbocycles. The van der Waals surface area contributed by atoms with Gasteiger partial charge in [-0.25, -0.2) is 4.79 Å². The van der Waals surface area contributed by atoms with Gasteiger partial charge in [-0.2, -0.15) is 0 Å². The van der Waals surface area contributed by atoms with E-state index in [2.05, 4.69) is 5.32 Å². The minimum Gasteiger partial charge on any atom is -0.452 e. The van der Waals surface area contributed by atoms with E-state index in [9.17, 15) is 9.59 Å². The summed E-state index contributed by atoms with van der Waals surface area (Å²) in [5, 5.41) is 3.27. The number of nitrogens with two attached hydrogens (primary N) is 1. The molecule has 0 unspecified atom stereocenters. The minimum absolute atomic E-state index is 0.275. The average molecular weight is 339 g/mol. The number of amides is 1. The van der Waals surface area contributed by atoms with E-state index < -0.39 is 18.5 Å². The van der Waals surface area contributed by atoms with Crippen molar-refractivity contribution >= 4 is 46.5 Å². The van der Waals surface area contributed by atoms with Crippen molar-refractivity contribution in [2.75, 3.05) is 17.7 Å². The monoisotopic (exact) mass is 338 g/mol. The molecule has 0 aromatic heterocycles. The van der Waals surface area contributed by atoms with E-state index >= 15 is 0 Å². The van der Waals surface area contributed by atoms with Crippen LogP contribution in [0.15, 0.2) is 42.5 Å². The van der Waals surface area contributed by atoms with Gasteiger partial charge < -0.3 is 15.8 Å². The standard InChI is InChI=1S/C15H12Cl2N2O3/c16-10-4-5-13(12(17)7-10)19-14(20)8-22-15(21)9-2-1-3-11(18)6-9/h1-7H,8,18H2,(H,19,20). The third-order valence-corrected chi connectivity index (χ3v) is 3.21. The first-order chi connectivity index (χ1) is 10.5. The van der Waals surface area contributed by atoms with Crippen LogP contribution in [0.4, 0.5) is 11.4 Å². The molecule has 0 aliphatic rings. The Bertz CT molecular complexity index is 720. The van der Waals surface area contributed by atoms with E-state index in [0.29, 0.717) is 21.4 Å². The van der Waals surface area contributed by atoms with Gasteiger partial charge in [0.25, 0.3) is 5.91 Å². The van der Waals surface area contributed by atoms with Crippen LogP contribution >= 0.6 is 23.2 Å². The highest BCUT2D eigenvalue weighted by molar-refractivity contribution is 6.36. The Morgan fingerprint density at radius 2 is 1.91 bits per heavy atom. The lowest BCUT2D eigenvalue weighted by atomic mass is 10.2. The summed E-state index contributed by atoms with van der Waals surface area (Å²) in [5.74, 6) is -1.15. The van der Waals surface area contributed by atoms with Crippen molar-refractivity contribution in [1.82, 2.24) is 0 Å². The Kier molecular flexibility index (Phi) is 5.25. The number of benzene rings is 2. The summed E-state index contributed by atoms with van der Waals surface area (Å²) in [7, 11) is 0. The van der Waals surface area contributed by atoms with Gasteiger partial charge in [-0.3, -0.25) is 4.79 Å². The Labute approximate surface area is 137 Å². The third-order valence-electron chi connectivity index (χ3n) is 2.66. The Balaban J connectivity index is 1.91. The third kappa shape index (κ3) is 4.38. The number of halogens is 2. The van der Waals surface area contributed by atoms with Crippen LogP contribution in [0.3, 0.4) is 0 Å². The second-order valence-corrected chi connectivity index (χ2v) is 5.22. The maximum absolute atomic E-state index is 11.8. The van der Waals surface area contributed by atoms with Gasteiger partial charge in [-0.05, 0) is 36.4 Å². The van der Waals surface area contributed by atoms with Crippen LogP contribution in [0, 0.1) is 0 Å². The van der Waals surface area contributed by atoms with Crippen molar-refractivity contribution < 1.29 is 14.3 Å². The minimum atomic E-state index is -0.635. The molecular formula is C15H12Cl2N2O3. The van der Waals surface area contributed by atoms with Crippen molar-refractivity contribution in [2.24, 2.45) is 0 Å². The number of carbonyl (C=O) groups is 2. The van der Waals surface area contributed by atoms with Gasteiger partial charge in [0, 0.05) is 10.7 Å². The molecule has 0 fully saturated rings. The van der Waals surface area contributed by atoms with E-state index in [4.69, 9.17) is 33.7 Å². The molecule has 0 bridgehead atoms. The average Bonchev–Trinajstić information content (AvgIpc) is 2.47. The van der Waals surface area contributed by atoms with Gasteiger partial charge in [0.2, 0.25) is 0 Å². The maximum Gasteiger partial charge on any atom is 0.338 e. The summed E-state index contributed by atoms with van der Waals surface area (Å²) in [6.07, 6.45) is 0. The smallest absolute Gasteiger partial charge is 0.338 e. The zero-order valence-electron chi connectivity index (χ0n) is 11.3. The molecule has 22 heavy (non-hydrogen) atoms. The van der Waals surface area contributed by atoms with E-state index in [1.165, 1.54) is 12.1 Å². The molecule has 1 amide bonds. The molecule has 7 heteroatoms. The predicted molar refractivity (Wildman–Crippen MR) is 86.2 cm³/mol. The fourth-order valence-electron chi connectivity index (χ4n) is 1.66. The van der Waals surface area contributed by atoms with Gasteiger partial charge in [0.15, 0.2) is 6.61 Å². The molecule has 5 nitrogen and oxygen atoms in total. The Morgan fingerprint density at radius 3 is 2.59 bits per heavy atom. The predicted octanol–water partition coefficient (Wildman–Crippen LogP) is 3.37. The molecule has 0 atom stereocenters. The zero-order valence-corrected chi connectivity index (χ0v) is 12.8. The van der Waals surface area contributed by atoms with E-state index in [1.807, 2.05) is 0 Å². The van der Waals surface area contributed by atoms with Crippen molar-refractivity contribution in [3.05, 3.63) is 58.1 Å². The lowest BCUT2D eigenvalue weighted by Gasteiger charge is -2.08. The van der Waals surface area contributed by atoms with Crippen LogP contribution in [0.25, 0.3) is 0 Å². The summed E-state index contributed by atoms with van der Waals surface area (Å²) in [5.41, 5.74) is 6.67. The molecule has 0 aliphatic heterocycles. The maximum atomic E-state index is 11.8. The Hall–Kier alpha value is -2.24. The van der Waals surface area contributed by atoms with Crippen LogP contribution in [0.5, 0.6) is 0 Å². The number of ether oxygens (including phenoxy) is 1. The fraction of sp³-hybridized carbons (Fsp3) is 0.0667. The van der Waals surface area contributed by atoms with Gasteiger partial charge in [-0.15, -0.1) is 0 Å². The number of anilines is 2. The van der Waals surface area contributed by atoms with Crippen LogP contribution in [-0.2, 0) is 9.53 Å². The normalized spacial score (nSPS) is 10.1. The highest BCUT2D eigenvalue weighted by Gasteiger charge is 2.11. The number of hydrogen-bond acceptors (Lipinski definition) is 4. The van der Waals surface area contributed by atoms with Crippen molar-refractivity contribution in [2.45, 2.75) is 0 Å². The van der Waals surface area contributed by atoms with Gasteiger partial charge >= 0.3 is 5.97 Å². The van der Waals surface area contributed by atoms with Crippen molar-refractivity contribution in [3.8, 4) is 0 Å². The first kappa shape index (κ1) is 16.1. The van der Waals surface area contributed by atoms with Crippen molar-refractivity contribution in [3.63, 3.8) is 0 Å². The van der Waals surface area contributed by atoms with Crippen LogP contribution in [-0.4, -0.2) is 18.5 Å². The molecule has 2 aromatic rings. The number of carbonyl (C=O) groups excluding carboxylic acids is 2. The fourth-order valence-corrected chi connectivity index (χ4v) is 2.11. The first-order valence-corrected chi connectivity index (χ1v) is 6.99. The highest BCUT2D eigenvalue weighted by Crippen LogP contribution is 2.25.